The minimum Gasteiger partial charge on any atom is -0.507 e. The summed E-state index contributed by atoms with van der Waals surface area (Å²) in [6, 6.07) is 3.36. The molecule has 1 atom stereocenters. The first-order valence-electron chi connectivity index (χ1n) is 13.6. The second-order valence-electron chi connectivity index (χ2n) is 10.8. The minimum absolute atomic E-state index is 0.0172. The van der Waals surface area contributed by atoms with E-state index in [2.05, 4.69) is 16.5 Å². The Morgan fingerprint density at radius 3 is 2.72 bits per heavy atom. The van der Waals surface area contributed by atoms with Crippen LogP contribution in [0.4, 0.5) is 14.6 Å². The van der Waals surface area contributed by atoms with Crippen LogP contribution in [-0.2, 0) is 4.79 Å². The molecule has 43 heavy (non-hydrogen) atoms. The second kappa shape index (κ2) is 10.9. The number of nitrogens with zero attached hydrogens (tertiary/aromatic N) is 6. The first kappa shape index (κ1) is 29.1. The molecule has 0 aliphatic carbocycles. The maximum absolute atomic E-state index is 15.3. The molecule has 1 N–H and O–H groups in total. The zero-order valence-corrected chi connectivity index (χ0v) is 25.1. The molecule has 1 fully saturated rings. The van der Waals surface area contributed by atoms with E-state index in [1.54, 1.807) is 17.2 Å². The van der Waals surface area contributed by atoms with Gasteiger partial charge in [0.1, 0.15) is 11.6 Å². The lowest BCUT2D eigenvalue weighted by Crippen LogP contribution is -2.56. The van der Waals surface area contributed by atoms with Crippen LogP contribution >= 0.6 is 23.4 Å². The van der Waals surface area contributed by atoms with Crippen LogP contribution in [0.25, 0.3) is 28.0 Å². The van der Waals surface area contributed by atoms with Gasteiger partial charge in [-0.1, -0.05) is 32.0 Å². The van der Waals surface area contributed by atoms with Gasteiger partial charge in [-0.15, -0.1) is 11.8 Å². The van der Waals surface area contributed by atoms with E-state index in [0.717, 1.165) is 17.7 Å². The van der Waals surface area contributed by atoms with Crippen molar-refractivity contribution in [1.29, 1.82) is 0 Å². The molecule has 9 nitrogen and oxygen atoms in total. The SMILES string of the molecule is C=CC(=O)N1CCN2c3nc(=O)n(-c4c(C)ccnc4C(C)C)c4nc(-c5c(O)ccc(F)c5F)c(Cl)c(c34)SCC2C1. The topological polar surface area (TPSA) is 104 Å². The van der Waals surface area contributed by atoms with Crippen LogP contribution in [-0.4, -0.2) is 66.9 Å². The normalized spacial score (nSPS) is 16.4. The number of phenolic OH excluding ortho intramolecular Hbond substituents is 1. The number of aryl methyl sites for hydroxylation is 1. The van der Waals surface area contributed by atoms with Crippen molar-refractivity contribution in [2.24, 2.45) is 0 Å². The third-order valence-electron chi connectivity index (χ3n) is 7.80. The summed E-state index contributed by atoms with van der Waals surface area (Å²) in [7, 11) is 0. The Bertz CT molecular complexity index is 1900. The molecular weight excluding hydrogens is 598 g/mol. The second-order valence-corrected chi connectivity index (χ2v) is 12.2. The predicted molar refractivity (Wildman–Crippen MR) is 162 cm³/mol. The monoisotopic (exact) mass is 624 g/mol. The zero-order valence-electron chi connectivity index (χ0n) is 23.6. The number of anilines is 1. The molecule has 222 valence electrons. The number of carbonyl (C=O) groups is 1. The number of aromatic nitrogens is 4. The first-order valence-corrected chi connectivity index (χ1v) is 15.0. The van der Waals surface area contributed by atoms with Crippen molar-refractivity contribution in [2.75, 3.05) is 30.3 Å². The molecule has 0 radical (unpaired) electrons. The van der Waals surface area contributed by atoms with Crippen molar-refractivity contribution >= 4 is 46.1 Å². The van der Waals surface area contributed by atoms with Crippen molar-refractivity contribution in [3.8, 4) is 22.7 Å². The summed E-state index contributed by atoms with van der Waals surface area (Å²) < 4.78 is 31.1. The molecule has 6 rings (SSSR count). The van der Waals surface area contributed by atoms with Crippen LogP contribution < -0.4 is 10.6 Å². The van der Waals surface area contributed by atoms with Crippen molar-refractivity contribution in [3.05, 3.63) is 75.4 Å². The number of fused-ring (bicyclic) bond motifs is 2. The smallest absolute Gasteiger partial charge is 0.355 e. The Labute approximate surface area is 254 Å². The minimum atomic E-state index is -1.32. The number of amides is 1. The Balaban J connectivity index is 1.72. The molecule has 1 amide bonds. The third-order valence-corrected chi connectivity index (χ3v) is 9.53. The summed E-state index contributed by atoms with van der Waals surface area (Å²) in [6.07, 6.45) is 2.92. The van der Waals surface area contributed by atoms with Crippen molar-refractivity contribution in [3.63, 3.8) is 0 Å². The lowest BCUT2D eigenvalue weighted by atomic mass is 10.0. The highest BCUT2D eigenvalue weighted by Gasteiger charge is 2.37. The quantitative estimate of drug-likeness (QED) is 0.308. The number of halogens is 3. The number of phenols is 1. The van der Waals surface area contributed by atoms with Crippen LogP contribution in [0.1, 0.15) is 31.0 Å². The average molecular weight is 625 g/mol. The van der Waals surface area contributed by atoms with Crippen molar-refractivity contribution in [2.45, 2.75) is 37.6 Å². The summed E-state index contributed by atoms with van der Waals surface area (Å²) in [5, 5.41) is 11.1. The van der Waals surface area contributed by atoms with Crippen LogP contribution in [0.3, 0.4) is 0 Å². The summed E-state index contributed by atoms with van der Waals surface area (Å²) >= 11 is 8.28. The number of carbonyl (C=O) groups excluding carboxylic acids is 1. The molecular formula is C30H27ClF2N6O3S. The highest BCUT2D eigenvalue weighted by atomic mass is 35.5. The number of pyridine rings is 2. The fourth-order valence-electron chi connectivity index (χ4n) is 5.73. The van der Waals surface area contributed by atoms with Crippen LogP contribution in [0.2, 0.25) is 5.02 Å². The van der Waals surface area contributed by atoms with E-state index in [1.807, 2.05) is 25.7 Å². The molecule has 13 heteroatoms. The fourth-order valence-corrected chi connectivity index (χ4v) is 7.32. The van der Waals surface area contributed by atoms with E-state index >= 15 is 4.39 Å². The molecule has 3 aromatic heterocycles. The van der Waals surface area contributed by atoms with E-state index in [4.69, 9.17) is 16.6 Å². The van der Waals surface area contributed by atoms with Gasteiger partial charge in [0.15, 0.2) is 17.3 Å². The van der Waals surface area contributed by atoms with Gasteiger partial charge in [0.25, 0.3) is 0 Å². The highest BCUT2D eigenvalue weighted by Crippen LogP contribution is 2.48. The molecule has 1 saturated heterocycles. The van der Waals surface area contributed by atoms with Gasteiger partial charge < -0.3 is 14.9 Å². The number of benzene rings is 1. The molecule has 2 aliphatic rings. The van der Waals surface area contributed by atoms with Crippen molar-refractivity contribution < 1.29 is 18.7 Å². The lowest BCUT2D eigenvalue weighted by Gasteiger charge is -2.41. The lowest BCUT2D eigenvalue weighted by molar-refractivity contribution is -0.126. The van der Waals surface area contributed by atoms with Gasteiger partial charge in [0.2, 0.25) is 5.91 Å². The molecule has 5 heterocycles. The first-order chi connectivity index (χ1) is 20.5. The molecule has 4 aromatic rings. The molecule has 0 saturated carbocycles. The summed E-state index contributed by atoms with van der Waals surface area (Å²) in [4.78, 5) is 44.4. The van der Waals surface area contributed by atoms with Crippen LogP contribution in [0.5, 0.6) is 5.75 Å². The fraction of sp³-hybridized carbons (Fsp3) is 0.300. The number of thioether (sulfide) groups is 1. The van der Waals surface area contributed by atoms with Gasteiger partial charge in [-0.2, -0.15) is 4.98 Å². The van der Waals surface area contributed by atoms with Gasteiger partial charge in [0, 0.05) is 36.5 Å². The summed E-state index contributed by atoms with van der Waals surface area (Å²) in [6.45, 7) is 10.4. The Kier molecular flexibility index (Phi) is 7.37. The largest absolute Gasteiger partial charge is 0.507 e. The average Bonchev–Trinajstić information content (AvgIpc) is 3.14. The number of rotatable bonds is 4. The zero-order chi connectivity index (χ0) is 30.7. The van der Waals surface area contributed by atoms with Crippen LogP contribution in [0, 0.1) is 18.6 Å². The summed E-state index contributed by atoms with van der Waals surface area (Å²) in [5.74, 6) is -2.58. The number of aromatic hydroxyl groups is 1. The van der Waals surface area contributed by atoms with E-state index < -0.39 is 28.6 Å². The Hall–Kier alpha value is -4.03. The predicted octanol–water partition coefficient (Wildman–Crippen LogP) is 5.22. The maximum atomic E-state index is 15.3. The van der Waals surface area contributed by atoms with Crippen LogP contribution in [0.15, 0.2) is 46.7 Å². The molecule has 1 unspecified atom stereocenters. The van der Waals surface area contributed by atoms with E-state index in [1.165, 1.54) is 22.4 Å². The van der Waals surface area contributed by atoms with E-state index in [9.17, 15) is 19.1 Å². The summed E-state index contributed by atoms with van der Waals surface area (Å²) in [5.41, 5.74) is 0.562. The maximum Gasteiger partial charge on any atom is 0.355 e. The number of hydrogen-bond acceptors (Lipinski definition) is 8. The number of hydrogen-bond donors (Lipinski definition) is 1. The van der Waals surface area contributed by atoms with Gasteiger partial charge in [-0.05, 0) is 42.7 Å². The third kappa shape index (κ3) is 4.63. The molecule has 1 aromatic carbocycles. The van der Waals surface area contributed by atoms with Gasteiger partial charge in [0.05, 0.1) is 39.1 Å². The van der Waals surface area contributed by atoms with Crippen molar-refractivity contribution in [1.82, 2.24) is 24.4 Å². The number of piperazine rings is 1. The molecule has 0 spiro atoms. The standard InChI is InChI=1S/C30H27ClF2N6O3S/c1-5-19(41)37-10-11-38-16(12-37)13-43-27-21-28(38)36-30(42)39(26-15(4)8-9-34-24(26)14(2)3)29(21)35-25(22(27)31)20-18(40)7-6-17(32)23(20)33/h5-9,14,16,40H,1,10-13H2,2-4H3. The highest BCUT2D eigenvalue weighted by molar-refractivity contribution is 7.99. The van der Waals surface area contributed by atoms with Gasteiger partial charge >= 0.3 is 5.69 Å². The van der Waals surface area contributed by atoms with Gasteiger partial charge in [-0.3, -0.25) is 9.78 Å². The van der Waals surface area contributed by atoms with E-state index in [-0.39, 0.29) is 34.2 Å². The Morgan fingerprint density at radius 1 is 1.23 bits per heavy atom. The molecule has 2 aliphatic heterocycles. The molecule has 0 bridgehead atoms. The Morgan fingerprint density at radius 2 is 2.00 bits per heavy atom. The van der Waals surface area contributed by atoms with E-state index in [0.29, 0.717) is 52.9 Å². The van der Waals surface area contributed by atoms with Gasteiger partial charge in [-0.25, -0.2) is 23.1 Å².